The van der Waals surface area contributed by atoms with E-state index in [0.29, 0.717) is 38.3 Å². The number of benzene rings is 2. The van der Waals surface area contributed by atoms with E-state index in [9.17, 15) is 18.0 Å². The lowest BCUT2D eigenvalue weighted by Crippen LogP contribution is -2.61. The zero-order chi connectivity index (χ0) is 23.6. The van der Waals surface area contributed by atoms with Gasteiger partial charge in [0.15, 0.2) is 0 Å². The van der Waals surface area contributed by atoms with E-state index in [1.54, 1.807) is 20.3 Å². The van der Waals surface area contributed by atoms with Crippen LogP contribution in [0.15, 0.2) is 42.5 Å². The summed E-state index contributed by atoms with van der Waals surface area (Å²) in [5.74, 6) is 0.0984. The van der Waals surface area contributed by atoms with Crippen LogP contribution in [0.4, 0.5) is 24.5 Å². The molecule has 0 bridgehead atoms. The van der Waals surface area contributed by atoms with Gasteiger partial charge in [0.2, 0.25) is 5.91 Å². The van der Waals surface area contributed by atoms with Gasteiger partial charge in [-0.05, 0) is 42.3 Å². The summed E-state index contributed by atoms with van der Waals surface area (Å²) >= 11 is 0. The molecule has 0 unspecified atom stereocenters. The first-order valence-corrected chi connectivity index (χ1v) is 10.9. The topological polar surface area (TPSA) is 54.0 Å². The third-order valence-electron chi connectivity index (χ3n) is 6.40. The van der Waals surface area contributed by atoms with E-state index in [2.05, 4.69) is 15.1 Å². The van der Waals surface area contributed by atoms with Crippen LogP contribution in [0.3, 0.4) is 0 Å². The zero-order valence-corrected chi connectivity index (χ0v) is 18.7. The van der Waals surface area contributed by atoms with Crippen LogP contribution in [0, 0.1) is 5.92 Å². The Labute approximate surface area is 191 Å². The van der Waals surface area contributed by atoms with E-state index < -0.39 is 17.7 Å². The third-order valence-corrected chi connectivity index (χ3v) is 6.40. The van der Waals surface area contributed by atoms with Crippen LogP contribution in [0.1, 0.15) is 11.1 Å². The minimum absolute atomic E-state index is 0.169. The lowest BCUT2D eigenvalue weighted by Gasteiger charge is -2.49. The molecule has 0 saturated carbocycles. The number of hydrogen-bond acceptors (Lipinski definition) is 5. The van der Waals surface area contributed by atoms with Gasteiger partial charge in [-0.2, -0.15) is 13.2 Å². The van der Waals surface area contributed by atoms with Crippen LogP contribution in [0.25, 0.3) is 0 Å². The molecule has 2 heterocycles. The molecule has 0 spiro atoms. The Morgan fingerprint density at radius 3 is 2.70 bits per heavy atom. The predicted molar refractivity (Wildman–Crippen MR) is 120 cm³/mol. The molecule has 4 rings (SSSR count). The van der Waals surface area contributed by atoms with Gasteiger partial charge < -0.3 is 24.6 Å². The van der Waals surface area contributed by atoms with Crippen LogP contribution in [0.2, 0.25) is 0 Å². The monoisotopic (exact) mass is 463 g/mol. The van der Waals surface area contributed by atoms with Crippen molar-refractivity contribution in [2.45, 2.75) is 18.6 Å². The van der Waals surface area contributed by atoms with E-state index >= 15 is 0 Å². The number of alkyl halides is 3. The van der Waals surface area contributed by atoms with Gasteiger partial charge in [-0.25, -0.2) is 0 Å². The molecular formula is C24H28F3N3O3. The maximum absolute atomic E-state index is 13.3. The van der Waals surface area contributed by atoms with E-state index in [1.807, 2.05) is 24.3 Å². The minimum Gasteiger partial charge on any atom is -0.497 e. The number of nitrogens with one attached hydrogen (secondary N) is 1. The molecule has 1 saturated heterocycles. The number of rotatable bonds is 6. The third kappa shape index (κ3) is 4.88. The Hall–Kier alpha value is -2.94. The van der Waals surface area contributed by atoms with Crippen LogP contribution < -0.4 is 19.9 Å². The Bertz CT molecular complexity index is 998. The summed E-state index contributed by atoms with van der Waals surface area (Å²) in [6.07, 6.45) is -4.17. The Balaban J connectivity index is 1.65. The van der Waals surface area contributed by atoms with Gasteiger partial charge in [0.1, 0.15) is 5.75 Å². The molecule has 2 aliphatic rings. The number of halogens is 3. The Kier molecular flexibility index (Phi) is 6.69. The summed E-state index contributed by atoms with van der Waals surface area (Å²) in [7, 11) is 3.17. The fourth-order valence-corrected chi connectivity index (χ4v) is 4.75. The fourth-order valence-electron chi connectivity index (χ4n) is 4.75. The molecule has 9 heteroatoms. The maximum atomic E-state index is 13.3. The number of methoxy groups -OCH3 is 2. The summed E-state index contributed by atoms with van der Waals surface area (Å²) in [6.45, 7) is 2.59. The largest absolute Gasteiger partial charge is 0.497 e. The molecule has 2 aromatic rings. The van der Waals surface area contributed by atoms with Crippen molar-refractivity contribution in [1.82, 2.24) is 5.32 Å². The van der Waals surface area contributed by atoms with Crippen LogP contribution in [0.5, 0.6) is 5.75 Å². The molecule has 33 heavy (non-hydrogen) atoms. The molecule has 1 amide bonds. The number of fused-ring (bicyclic) bond motifs is 3. The lowest BCUT2D eigenvalue weighted by molar-refractivity contribution is -0.137. The number of nitrogens with zero attached hydrogens (tertiary/aromatic N) is 2. The van der Waals surface area contributed by atoms with Crippen molar-refractivity contribution in [2.75, 3.05) is 56.8 Å². The van der Waals surface area contributed by atoms with E-state index in [0.717, 1.165) is 23.2 Å². The molecule has 0 radical (unpaired) electrons. The van der Waals surface area contributed by atoms with Crippen molar-refractivity contribution >= 4 is 17.3 Å². The molecule has 178 valence electrons. The Morgan fingerprint density at radius 1 is 1.15 bits per heavy atom. The molecule has 1 N–H and O–H groups in total. The summed E-state index contributed by atoms with van der Waals surface area (Å²) in [4.78, 5) is 17.4. The number of carbonyl (C=O) groups is 1. The van der Waals surface area contributed by atoms with Crippen LogP contribution in [-0.4, -0.2) is 59.0 Å². The fraction of sp³-hybridized carbons (Fsp3) is 0.458. The number of anilines is 2. The number of piperazine rings is 1. The first-order chi connectivity index (χ1) is 15.8. The van der Waals surface area contributed by atoms with Crippen molar-refractivity contribution in [1.29, 1.82) is 0 Å². The lowest BCUT2D eigenvalue weighted by atomic mass is 9.82. The van der Waals surface area contributed by atoms with E-state index in [-0.39, 0.29) is 18.4 Å². The van der Waals surface area contributed by atoms with Crippen molar-refractivity contribution in [3.05, 3.63) is 53.6 Å². The number of hydrogen-bond donors (Lipinski definition) is 1. The van der Waals surface area contributed by atoms with Gasteiger partial charge in [0.05, 0.1) is 31.2 Å². The molecular weight excluding hydrogens is 435 g/mol. The smallest absolute Gasteiger partial charge is 0.416 e. The second-order valence-electron chi connectivity index (χ2n) is 8.34. The maximum Gasteiger partial charge on any atom is 0.416 e. The van der Waals surface area contributed by atoms with Gasteiger partial charge in [-0.3, -0.25) is 4.79 Å². The van der Waals surface area contributed by atoms with Crippen LogP contribution in [-0.2, 0) is 22.1 Å². The summed E-state index contributed by atoms with van der Waals surface area (Å²) in [5, 5.41) is 2.88. The minimum atomic E-state index is -4.42. The highest BCUT2D eigenvalue weighted by Crippen LogP contribution is 2.40. The van der Waals surface area contributed by atoms with Gasteiger partial charge in [-0.15, -0.1) is 0 Å². The molecule has 0 aliphatic carbocycles. The van der Waals surface area contributed by atoms with Crippen molar-refractivity contribution in [3.8, 4) is 5.75 Å². The second kappa shape index (κ2) is 9.51. The summed E-state index contributed by atoms with van der Waals surface area (Å²) in [5.41, 5.74) is 1.64. The molecule has 2 aromatic carbocycles. The molecule has 6 nitrogen and oxygen atoms in total. The molecule has 2 atom stereocenters. The van der Waals surface area contributed by atoms with Gasteiger partial charge in [0, 0.05) is 50.7 Å². The van der Waals surface area contributed by atoms with Crippen molar-refractivity contribution in [3.63, 3.8) is 0 Å². The average Bonchev–Trinajstić information content (AvgIpc) is 2.82. The van der Waals surface area contributed by atoms with E-state index in [1.165, 1.54) is 6.07 Å². The highest BCUT2D eigenvalue weighted by atomic mass is 19.4. The zero-order valence-electron chi connectivity index (χ0n) is 18.7. The predicted octanol–water partition coefficient (Wildman–Crippen LogP) is 3.34. The quantitative estimate of drug-likeness (QED) is 0.666. The van der Waals surface area contributed by atoms with Crippen LogP contribution >= 0.6 is 0 Å². The number of amides is 1. The Morgan fingerprint density at radius 2 is 1.97 bits per heavy atom. The standard InChI is InChI=1S/C24H28F3N3O3/c1-32-11-8-28-23(31)20-13-16-12-17(24(25,26)27)6-7-21(16)30-10-9-29(15-22(20)30)18-4-3-5-19(14-18)33-2/h3-7,12,14,20,22H,8-11,13,15H2,1-2H3,(H,28,31)/t20-,22-/m0/s1. The molecule has 2 aliphatic heterocycles. The first kappa shape index (κ1) is 23.2. The van der Waals surface area contributed by atoms with Gasteiger partial charge in [-0.1, -0.05) is 6.07 Å². The highest BCUT2D eigenvalue weighted by Gasteiger charge is 2.42. The summed E-state index contributed by atoms with van der Waals surface area (Å²) in [6, 6.07) is 11.4. The van der Waals surface area contributed by atoms with E-state index in [4.69, 9.17) is 9.47 Å². The molecule has 0 aromatic heterocycles. The van der Waals surface area contributed by atoms with Gasteiger partial charge in [0.25, 0.3) is 0 Å². The average molecular weight is 464 g/mol. The summed E-state index contributed by atoms with van der Waals surface area (Å²) < 4.78 is 50.4. The van der Waals surface area contributed by atoms with Crippen molar-refractivity contribution in [2.24, 2.45) is 5.92 Å². The highest BCUT2D eigenvalue weighted by molar-refractivity contribution is 5.82. The number of carbonyl (C=O) groups excluding carboxylic acids is 1. The van der Waals surface area contributed by atoms with Gasteiger partial charge >= 0.3 is 6.18 Å². The first-order valence-electron chi connectivity index (χ1n) is 10.9. The number of ether oxygens (including phenoxy) is 2. The normalized spacial score (nSPS) is 20.2. The molecule has 1 fully saturated rings. The SMILES string of the molecule is COCCNC(=O)[C@H]1Cc2cc(C(F)(F)F)ccc2N2CCN(c3cccc(OC)c3)C[C@@H]12. The second-order valence-corrected chi connectivity index (χ2v) is 8.34. The van der Waals surface area contributed by atoms with Crippen molar-refractivity contribution < 1.29 is 27.4 Å².